The van der Waals surface area contributed by atoms with Crippen LogP contribution in [0.3, 0.4) is 0 Å². The van der Waals surface area contributed by atoms with Crippen molar-refractivity contribution in [2.24, 2.45) is 28.6 Å². The van der Waals surface area contributed by atoms with Gasteiger partial charge in [0.15, 0.2) is 0 Å². The number of ether oxygens (including phenoxy) is 1. The molecule has 5 atom stereocenters. The van der Waals surface area contributed by atoms with Gasteiger partial charge in [0, 0.05) is 30.1 Å². The van der Waals surface area contributed by atoms with Gasteiger partial charge >= 0.3 is 5.97 Å². The van der Waals surface area contributed by atoms with Crippen LogP contribution in [0.25, 0.3) is 0 Å². The van der Waals surface area contributed by atoms with Crippen LogP contribution in [-0.2, 0) is 19.1 Å². The smallest absolute Gasteiger partial charge is 0.305 e. The summed E-state index contributed by atoms with van der Waals surface area (Å²) < 4.78 is 4.76. The van der Waals surface area contributed by atoms with Crippen molar-refractivity contribution in [3.63, 3.8) is 0 Å². The normalized spacial score (nSPS) is 43.0. The summed E-state index contributed by atoms with van der Waals surface area (Å²) >= 11 is 0. The van der Waals surface area contributed by atoms with Gasteiger partial charge in [0.2, 0.25) is 0 Å². The lowest BCUT2D eigenvalue weighted by molar-refractivity contribution is -0.150. The minimum Gasteiger partial charge on any atom is -0.469 e. The van der Waals surface area contributed by atoms with Gasteiger partial charge in [-0.15, -0.1) is 0 Å². The second-order valence-corrected chi connectivity index (χ2v) is 8.25. The Labute approximate surface area is 138 Å². The molecule has 0 aliphatic heterocycles. The first kappa shape index (κ1) is 16.7. The Morgan fingerprint density at radius 1 is 1.09 bits per heavy atom. The van der Waals surface area contributed by atoms with Crippen molar-refractivity contribution in [3.8, 4) is 0 Å². The zero-order valence-electron chi connectivity index (χ0n) is 14.5. The maximum Gasteiger partial charge on any atom is 0.305 e. The monoisotopic (exact) mass is 320 g/mol. The van der Waals surface area contributed by atoms with Crippen LogP contribution in [0.1, 0.15) is 65.2 Å². The summed E-state index contributed by atoms with van der Waals surface area (Å²) in [6, 6.07) is 0. The van der Waals surface area contributed by atoms with Crippen LogP contribution in [0.15, 0.2) is 0 Å². The van der Waals surface area contributed by atoms with Gasteiger partial charge in [-0.2, -0.15) is 0 Å². The van der Waals surface area contributed by atoms with Crippen LogP contribution in [0.2, 0.25) is 0 Å². The zero-order valence-corrected chi connectivity index (χ0v) is 14.5. The number of rotatable bonds is 3. The Bertz CT molecular complexity index is 539. The average Bonchev–Trinajstić information content (AvgIpc) is 2.84. The maximum absolute atomic E-state index is 12.7. The molecular weight excluding hydrogens is 292 g/mol. The van der Waals surface area contributed by atoms with E-state index in [2.05, 4.69) is 13.8 Å². The first-order chi connectivity index (χ1) is 10.8. The summed E-state index contributed by atoms with van der Waals surface area (Å²) in [6.07, 6.45) is 5.94. The number of carbonyl (C=O) groups excluding carboxylic acids is 3. The van der Waals surface area contributed by atoms with Gasteiger partial charge in [-0.1, -0.05) is 13.8 Å². The predicted octanol–water partition coefficient (Wildman–Crippen LogP) is 3.32. The average molecular weight is 320 g/mol. The number of carbonyl (C=O) groups is 3. The van der Waals surface area contributed by atoms with Crippen molar-refractivity contribution in [1.29, 1.82) is 0 Å². The molecular formula is C19H28O4. The van der Waals surface area contributed by atoms with Crippen LogP contribution >= 0.6 is 0 Å². The number of ketones is 2. The molecule has 0 N–H and O–H groups in total. The molecule has 3 fully saturated rings. The molecule has 5 unspecified atom stereocenters. The van der Waals surface area contributed by atoms with Crippen molar-refractivity contribution in [2.45, 2.75) is 65.2 Å². The molecule has 3 saturated carbocycles. The molecule has 0 radical (unpaired) electrons. The highest BCUT2D eigenvalue weighted by Crippen LogP contribution is 2.61. The quantitative estimate of drug-likeness (QED) is 0.748. The van der Waals surface area contributed by atoms with Gasteiger partial charge in [-0.3, -0.25) is 14.4 Å². The standard InChI is InChI=1S/C19H28O4/c1-18-10-8-14-12(13(18)5-7-16(18)21)4-6-15(20)19(14,2)11-9-17(22)23-3/h12-14H,4-11H2,1-3H3. The maximum atomic E-state index is 12.7. The number of fused-ring (bicyclic) bond motifs is 3. The van der Waals surface area contributed by atoms with Crippen LogP contribution in [-0.4, -0.2) is 24.6 Å². The number of hydrogen-bond donors (Lipinski definition) is 0. The molecule has 3 rings (SSSR count). The van der Waals surface area contributed by atoms with E-state index < -0.39 is 5.41 Å². The molecule has 4 heteroatoms. The van der Waals surface area contributed by atoms with Gasteiger partial charge in [-0.05, 0) is 49.9 Å². The molecule has 0 heterocycles. The fourth-order valence-electron chi connectivity index (χ4n) is 5.83. The fourth-order valence-corrected chi connectivity index (χ4v) is 5.83. The SMILES string of the molecule is COC(=O)CCC1(C)C(=O)CCC2C1CCC1(C)C(=O)CCC21. The molecule has 0 spiro atoms. The van der Waals surface area contributed by atoms with Crippen molar-refractivity contribution in [2.75, 3.05) is 7.11 Å². The molecule has 23 heavy (non-hydrogen) atoms. The summed E-state index contributed by atoms with van der Waals surface area (Å²) in [5, 5.41) is 0. The lowest BCUT2D eigenvalue weighted by Gasteiger charge is -2.54. The molecule has 0 amide bonds. The minimum atomic E-state index is -0.427. The third-order valence-corrected chi connectivity index (χ3v) is 7.38. The van der Waals surface area contributed by atoms with Gasteiger partial charge in [0.05, 0.1) is 7.11 Å². The topological polar surface area (TPSA) is 60.4 Å². The molecule has 3 aliphatic carbocycles. The number of Topliss-reactive ketones (excluding diaryl/α,β-unsaturated/α-hetero) is 2. The third kappa shape index (κ3) is 2.45. The Hall–Kier alpha value is -1.19. The van der Waals surface area contributed by atoms with Crippen molar-refractivity contribution in [1.82, 2.24) is 0 Å². The Morgan fingerprint density at radius 2 is 1.78 bits per heavy atom. The number of hydrogen-bond acceptors (Lipinski definition) is 4. The van der Waals surface area contributed by atoms with E-state index in [1.807, 2.05) is 0 Å². The first-order valence-electron chi connectivity index (χ1n) is 8.96. The van der Waals surface area contributed by atoms with Gasteiger partial charge < -0.3 is 4.74 Å². The summed E-state index contributed by atoms with van der Waals surface area (Å²) in [7, 11) is 1.40. The zero-order chi connectivity index (χ0) is 16.8. The van der Waals surface area contributed by atoms with E-state index in [1.54, 1.807) is 0 Å². The highest BCUT2D eigenvalue weighted by molar-refractivity contribution is 5.88. The largest absolute Gasteiger partial charge is 0.469 e. The van der Waals surface area contributed by atoms with Gasteiger partial charge in [-0.25, -0.2) is 0 Å². The van der Waals surface area contributed by atoms with Crippen molar-refractivity contribution in [3.05, 3.63) is 0 Å². The van der Waals surface area contributed by atoms with Crippen LogP contribution in [0, 0.1) is 28.6 Å². The molecule has 0 bridgehead atoms. The molecule has 128 valence electrons. The lowest BCUT2D eigenvalue weighted by Crippen LogP contribution is -2.52. The summed E-state index contributed by atoms with van der Waals surface area (Å²) in [5.41, 5.74) is -0.588. The second-order valence-electron chi connectivity index (χ2n) is 8.25. The first-order valence-corrected chi connectivity index (χ1v) is 8.96. The van der Waals surface area contributed by atoms with Crippen molar-refractivity contribution >= 4 is 17.5 Å². The van der Waals surface area contributed by atoms with E-state index in [0.29, 0.717) is 55.0 Å². The molecule has 3 aliphatic rings. The Kier molecular flexibility index (Phi) is 4.14. The molecule has 0 saturated heterocycles. The minimum absolute atomic E-state index is 0.162. The second kappa shape index (κ2) is 5.71. The number of esters is 1. The highest BCUT2D eigenvalue weighted by Gasteiger charge is 2.59. The van der Waals surface area contributed by atoms with Crippen LogP contribution in [0.5, 0.6) is 0 Å². The molecule has 4 nitrogen and oxygen atoms in total. The predicted molar refractivity (Wildman–Crippen MR) is 85.7 cm³/mol. The summed E-state index contributed by atoms with van der Waals surface area (Å²) in [5.74, 6) is 1.69. The third-order valence-electron chi connectivity index (χ3n) is 7.38. The van der Waals surface area contributed by atoms with E-state index in [0.717, 1.165) is 25.7 Å². The lowest BCUT2D eigenvalue weighted by atomic mass is 9.49. The Balaban J connectivity index is 1.84. The van der Waals surface area contributed by atoms with Gasteiger partial charge in [0.25, 0.3) is 0 Å². The van der Waals surface area contributed by atoms with E-state index in [4.69, 9.17) is 4.74 Å². The number of methoxy groups -OCH3 is 1. The van der Waals surface area contributed by atoms with E-state index in [1.165, 1.54) is 7.11 Å². The molecule has 0 aromatic carbocycles. The van der Waals surface area contributed by atoms with Crippen LogP contribution < -0.4 is 0 Å². The molecule has 0 aromatic rings. The fraction of sp³-hybridized carbons (Fsp3) is 0.842. The highest BCUT2D eigenvalue weighted by atomic mass is 16.5. The van der Waals surface area contributed by atoms with E-state index in [9.17, 15) is 14.4 Å². The summed E-state index contributed by atoms with van der Waals surface area (Å²) in [6.45, 7) is 4.19. The summed E-state index contributed by atoms with van der Waals surface area (Å²) in [4.78, 5) is 36.6. The van der Waals surface area contributed by atoms with E-state index in [-0.39, 0.29) is 11.4 Å². The molecule has 0 aromatic heterocycles. The van der Waals surface area contributed by atoms with Crippen molar-refractivity contribution < 1.29 is 19.1 Å². The Morgan fingerprint density at radius 3 is 2.48 bits per heavy atom. The van der Waals surface area contributed by atoms with Gasteiger partial charge in [0.1, 0.15) is 11.6 Å². The van der Waals surface area contributed by atoms with E-state index >= 15 is 0 Å². The van der Waals surface area contributed by atoms with Crippen LogP contribution in [0.4, 0.5) is 0 Å².